The highest BCUT2D eigenvalue weighted by Crippen LogP contribution is 2.58. The van der Waals surface area contributed by atoms with Gasteiger partial charge in [0.15, 0.2) is 0 Å². The molecule has 0 aromatic rings. The number of rotatable bonds is 5. The molecule has 0 spiro atoms. The van der Waals surface area contributed by atoms with Crippen molar-refractivity contribution in [1.82, 2.24) is 0 Å². The minimum Gasteiger partial charge on any atom is -0.498 e. The van der Waals surface area contributed by atoms with Crippen molar-refractivity contribution in [1.29, 1.82) is 0 Å². The van der Waals surface area contributed by atoms with Crippen molar-refractivity contribution in [3.8, 4) is 0 Å². The van der Waals surface area contributed by atoms with Crippen LogP contribution in [-0.2, 0) is 4.57 Å². The topological polar surface area (TPSA) is 9.23 Å². The van der Waals surface area contributed by atoms with Crippen molar-refractivity contribution in [3.05, 3.63) is 0 Å². The monoisotopic (exact) mass is 208 g/mol. The maximum absolute atomic E-state index is 6.26. The molecule has 1 unspecified atom stereocenters. The zero-order valence-electron chi connectivity index (χ0n) is 11.2. The van der Waals surface area contributed by atoms with E-state index < -0.39 is 0 Å². The molecule has 1 heterocycles. The van der Waals surface area contributed by atoms with Gasteiger partial charge in [-0.15, -0.1) is 0 Å². The van der Waals surface area contributed by atoms with Crippen LogP contribution in [0.2, 0.25) is 23.8 Å². The van der Waals surface area contributed by atoms with E-state index in [1.54, 1.807) is 0 Å². The van der Waals surface area contributed by atoms with Crippen molar-refractivity contribution < 1.29 is 4.57 Å². The summed E-state index contributed by atoms with van der Waals surface area (Å²) in [4.78, 5) is 0. The summed E-state index contributed by atoms with van der Waals surface area (Å²) >= 11 is 0. The third kappa shape index (κ3) is 2.00. The maximum Gasteiger partial charge on any atom is 0.282 e. The van der Waals surface area contributed by atoms with Gasteiger partial charge in [0.1, 0.15) is 0 Å². The van der Waals surface area contributed by atoms with Crippen molar-refractivity contribution in [2.24, 2.45) is 0 Å². The molecule has 1 fully saturated rings. The van der Waals surface area contributed by atoms with E-state index in [0.29, 0.717) is 19.1 Å². The molecule has 0 saturated carbocycles. The van der Waals surface area contributed by atoms with Crippen molar-refractivity contribution in [2.45, 2.75) is 77.7 Å². The maximum atomic E-state index is 6.26. The van der Waals surface area contributed by atoms with E-state index >= 15 is 0 Å². The minimum absolute atomic E-state index is 0.462. The first kappa shape index (κ1) is 13.2. The van der Waals surface area contributed by atoms with E-state index in [2.05, 4.69) is 34.6 Å². The Labute approximate surface area is 96.6 Å². The molecule has 86 valence electrons. The molecular formula is C12H26B2O. The first-order chi connectivity index (χ1) is 7.19. The Balaban J connectivity index is 2.95. The van der Waals surface area contributed by atoms with Gasteiger partial charge in [-0.25, -0.2) is 0 Å². The molecule has 1 rings (SSSR count). The lowest BCUT2D eigenvalue weighted by atomic mass is 9.35. The lowest BCUT2D eigenvalue weighted by Crippen LogP contribution is -2.29. The van der Waals surface area contributed by atoms with Crippen molar-refractivity contribution >= 4 is 13.8 Å². The summed E-state index contributed by atoms with van der Waals surface area (Å²) < 4.78 is 6.26. The summed E-state index contributed by atoms with van der Waals surface area (Å²) in [5, 5.41) is 0.462. The Morgan fingerprint density at radius 1 is 1.00 bits per heavy atom. The highest BCUT2D eigenvalue weighted by Gasteiger charge is 2.55. The van der Waals surface area contributed by atoms with Crippen LogP contribution in [0.4, 0.5) is 0 Å². The second-order valence-corrected chi connectivity index (χ2v) is 4.93. The van der Waals surface area contributed by atoms with Crippen LogP contribution in [0.3, 0.4) is 0 Å². The van der Waals surface area contributed by atoms with Crippen LogP contribution >= 0.6 is 0 Å². The quantitative estimate of drug-likeness (QED) is 0.609. The average Bonchev–Trinajstić information content (AvgIpc) is 2.61. The molecule has 1 nitrogen and oxygen atoms in total. The summed E-state index contributed by atoms with van der Waals surface area (Å²) in [5.41, 5.74) is 0. The second kappa shape index (κ2) is 5.43. The van der Waals surface area contributed by atoms with Crippen molar-refractivity contribution in [3.63, 3.8) is 0 Å². The largest absolute Gasteiger partial charge is 0.498 e. The van der Waals surface area contributed by atoms with E-state index in [1.807, 2.05) is 0 Å². The smallest absolute Gasteiger partial charge is 0.282 e. The highest BCUT2D eigenvalue weighted by molar-refractivity contribution is 6.75. The van der Waals surface area contributed by atoms with Gasteiger partial charge in [-0.05, 0) is 11.1 Å². The van der Waals surface area contributed by atoms with Gasteiger partial charge in [-0.1, -0.05) is 66.5 Å². The summed E-state index contributed by atoms with van der Waals surface area (Å²) in [6.07, 6.45) is 6.18. The van der Waals surface area contributed by atoms with Gasteiger partial charge in [-0.2, -0.15) is 0 Å². The molecule has 15 heavy (non-hydrogen) atoms. The van der Waals surface area contributed by atoms with Gasteiger partial charge in [0, 0.05) is 0 Å². The standard InChI is InChI=1S/C12H26B2O/c1-6-11-12(7-2,8-3)14(10-5)15-13(11)9-4/h11H,6-10H2,1-5H3. The Hall–Kier alpha value is 0.0899. The fourth-order valence-corrected chi connectivity index (χ4v) is 3.83. The molecule has 0 amide bonds. The number of hydrogen-bond donors (Lipinski definition) is 0. The van der Waals surface area contributed by atoms with E-state index in [-0.39, 0.29) is 0 Å². The molecule has 0 aromatic heterocycles. The van der Waals surface area contributed by atoms with E-state index in [0.717, 1.165) is 5.82 Å². The third-order valence-electron chi connectivity index (χ3n) is 4.70. The van der Waals surface area contributed by atoms with E-state index in [4.69, 9.17) is 4.57 Å². The lowest BCUT2D eigenvalue weighted by Gasteiger charge is -2.35. The van der Waals surface area contributed by atoms with Crippen molar-refractivity contribution in [2.75, 3.05) is 0 Å². The predicted molar refractivity (Wildman–Crippen MR) is 70.9 cm³/mol. The highest BCUT2D eigenvalue weighted by atomic mass is 16.4. The predicted octanol–water partition coefficient (Wildman–Crippen LogP) is 4.38. The third-order valence-corrected chi connectivity index (χ3v) is 4.70. The van der Waals surface area contributed by atoms with E-state index in [9.17, 15) is 0 Å². The van der Waals surface area contributed by atoms with Crippen LogP contribution < -0.4 is 0 Å². The van der Waals surface area contributed by atoms with Crippen LogP contribution in [-0.4, -0.2) is 13.8 Å². The molecule has 0 bridgehead atoms. The summed E-state index contributed by atoms with van der Waals surface area (Å²) in [5.74, 6) is 0.780. The molecule has 0 radical (unpaired) electrons. The summed E-state index contributed by atoms with van der Waals surface area (Å²) in [7, 11) is 0. The summed E-state index contributed by atoms with van der Waals surface area (Å²) in [6.45, 7) is 12.6. The minimum atomic E-state index is 0.462. The van der Waals surface area contributed by atoms with Crippen LogP contribution in [0.5, 0.6) is 0 Å². The Morgan fingerprint density at radius 2 is 1.60 bits per heavy atom. The normalized spacial score (nSPS) is 25.0. The average molecular weight is 208 g/mol. The zero-order valence-corrected chi connectivity index (χ0v) is 11.2. The molecule has 0 N–H and O–H groups in total. The fourth-order valence-electron chi connectivity index (χ4n) is 3.83. The lowest BCUT2D eigenvalue weighted by molar-refractivity contribution is 0.457. The second-order valence-electron chi connectivity index (χ2n) is 4.93. The van der Waals surface area contributed by atoms with Gasteiger partial charge in [0.05, 0.1) is 0 Å². The van der Waals surface area contributed by atoms with Gasteiger partial charge in [-0.3, -0.25) is 0 Å². The Kier molecular flexibility index (Phi) is 4.76. The van der Waals surface area contributed by atoms with E-state index in [1.165, 1.54) is 31.9 Å². The Morgan fingerprint density at radius 3 is 1.93 bits per heavy atom. The molecule has 0 aliphatic carbocycles. The molecule has 1 aliphatic rings. The molecule has 1 atom stereocenters. The van der Waals surface area contributed by atoms with Crippen LogP contribution in [0.15, 0.2) is 0 Å². The van der Waals surface area contributed by atoms with Crippen LogP contribution in [0.25, 0.3) is 0 Å². The van der Waals surface area contributed by atoms with Crippen LogP contribution in [0.1, 0.15) is 53.9 Å². The molecule has 0 aromatic carbocycles. The number of hydrogen-bond acceptors (Lipinski definition) is 1. The fraction of sp³-hybridized carbons (Fsp3) is 1.00. The zero-order chi connectivity index (χ0) is 11.5. The van der Waals surface area contributed by atoms with Gasteiger partial charge < -0.3 is 4.57 Å². The van der Waals surface area contributed by atoms with Gasteiger partial charge in [0.2, 0.25) is 0 Å². The molecule has 3 heteroatoms. The van der Waals surface area contributed by atoms with Gasteiger partial charge in [0.25, 0.3) is 13.8 Å². The summed E-state index contributed by atoms with van der Waals surface area (Å²) in [6, 6.07) is 0. The van der Waals surface area contributed by atoms with Crippen LogP contribution in [0, 0.1) is 0 Å². The molecule has 1 saturated heterocycles. The Bertz CT molecular complexity index is 192. The molecular weight excluding hydrogens is 182 g/mol. The SMILES string of the molecule is CCB1OB(CC)C(CC)(CC)C1CC. The molecule has 1 aliphatic heterocycles. The first-order valence-electron chi connectivity index (χ1n) is 6.85. The first-order valence-corrected chi connectivity index (χ1v) is 6.85. The van der Waals surface area contributed by atoms with Gasteiger partial charge >= 0.3 is 0 Å².